The zero-order chi connectivity index (χ0) is 41.7. The van der Waals surface area contributed by atoms with Gasteiger partial charge in [-0.1, -0.05) is 45.9 Å². The van der Waals surface area contributed by atoms with Gasteiger partial charge in [0.1, 0.15) is 36.5 Å². The van der Waals surface area contributed by atoms with Gasteiger partial charge in [-0.3, -0.25) is 5.32 Å². The fourth-order valence-corrected chi connectivity index (χ4v) is 8.90. The molecule has 14 nitrogen and oxygen atoms in total. The summed E-state index contributed by atoms with van der Waals surface area (Å²) >= 11 is 0. The molecule has 0 spiro atoms. The van der Waals surface area contributed by atoms with E-state index in [4.69, 9.17) is 29.0 Å². The van der Waals surface area contributed by atoms with Crippen LogP contribution in [-0.4, -0.2) is 111 Å². The summed E-state index contributed by atoms with van der Waals surface area (Å²) in [5, 5.41) is 10.3. The molecule has 5 heterocycles. The predicted molar refractivity (Wildman–Crippen MR) is 232 cm³/mol. The SMILES string of the molecule is C=C(OCC)c1c([C@@H]2C[C@H]3CC[C@@H](C2)N3C(=O)OC(C)(C)C)nc2c(-c3ccc(NC(=O)NC)nc3)cnn2c1N(COCC[Si](C)(C)C)COCC[Si](C)(C)C. The van der Waals surface area contributed by atoms with E-state index in [9.17, 15) is 9.59 Å². The number of carbonyl (C=O) groups is 2. The second kappa shape index (κ2) is 18.3. The maximum Gasteiger partial charge on any atom is 0.410 e. The summed E-state index contributed by atoms with van der Waals surface area (Å²) in [5.74, 6) is 1.63. The Morgan fingerprint density at radius 2 is 1.58 bits per heavy atom. The molecule has 2 N–H and O–H groups in total. The van der Waals surface area contributed by atoms with Crippen LogP contribution in [0.1, 0.15) is 70.6 Å². The molecule has 3 aromatic rings. The summed E-state index contributed by atoms with van der Waals surface area (Å²) < 4.78 is 26.9. The van der Waals surface area contributed by atoms with E-state index in [0.717, 1.165) is 66.0 Å². The number of rotatable bonds is 17. The molecule has 3 aromatic heterocycles. The third-order valence-corrected chi connectivity index (χ3v) is 13.7. The molecule has 314 valence electrons. The number of piperidine rings is 1. The molecule has 3 amide bonds. The summed E-state index contributed by atoms with van der Waals surface area (Å²) in [5.41, 5.74) is 3.23. The van der Waals surface area contributed by atoms with Gasteiger partial charge < -0.3 is 34.1 Å². The highest BCUT2D eigenvalue weighted by Gasteiger charge is 2.46. The number of carbonyl (C=O) groups excluding carboxylic acids is 2. The monoisotopic (exact) mass is 822 g/mol. The third-order valence-electron chi connectivity index (χ3n) is 10.3. The van der Waals surface area contributed by atoms with Gasteiger partial charge in [-0.15, -0.1) is 0 Å². The highest BCUT2D eigenvalue weighted by Crippen LogP contribution is 2.47. The number of hydrogen-bond donors (Lipinski definition) is 2. The minimum absolute atomic E-state index is 0.0122. The Morgan fingerprint density at radius 3 is 2.09 bits per heavy atom. The van der Waals surface area contributed by atoms with Crippen LogP contribution in [0, 0.1) is 0 Å². The standard InChI is InChI=1S/C41H66N8O6Si2/c1-13-54-28(2)35-36(30-22-31-15-16-32(23-30)48(31)40(51)55-41(3,4)5)46-37-33(29-14-17-34(43-24-29)45-39(50)42-6)25-44-49(37)38(35)47(26-52-18-20-56(7,8)9)27-53-19-21-57(10,11)12/h14,17,24-25,30-32H,2,13,15-16,18-23,26-27H2,1,3-12H3,(H2,42,43,45,50)/t30-,31-,32+. The average molecular weight is 823 g/mol. The van der Waals surface area contributed by atoms with Crippen molar-refractivity contribution in [3.8, 4) is 11.1 Å². The van der Waals surface area contributed by atoms with Gasteiger partial charge >= 0.3 is 12.1 Å². The molecule has 0 unspecified atom stereocenters. The van der Waals surface area contributed by atoms with Crippen molar-refractivity contribution in [2.45, 2.75) is 128 Å². The number of nitrogens with one attached hydrogen (secondary N) is 2. The quantitative estimate of drug-likeness (QED) is 0.0588. The Kier molecular flexibility index (Phi) is 14.2. The summed E-state index contributed by atoms with van der Waals surface area (Å²) in [6, 6.07) is 5.38. The molecule has 2 saturated heterocycles. The molecular weight excluding hydrogens is 757 g/mol. The fourth-order valence-electron chi connectivity index (χ4n) is 7.38. The first kappa shape index (κ1) is 44.1. The van der Waals surface area contributed by atoms with Crippen molar-refractivity contribution in [3.05, 3.63) is 42.4 Å². The van der Waals surface area contributed by atoms with Gasteiger partial charge in [-0.05, 0) is 77.6 Å². The number of anilines is 2. The number of ether oxygens (including phenoxy) is 4. The maximum absolute atomic E-state index is 13.5. The van der Waals surface area contributed by atoms with Crippen LogP contribution in [0.5, 0.6) is 0 Å². The van der Waals surface area contributed by atoms with Crippen LogP contribution in [0.15, 0.2) is 31.1 Å². The summed E-state index contributed by atoms with van der Waals surface area (Å²) in [6.07, 6.45) is 6.50. The van der Waals surface area contributed by atoms with Gasteiger partial charge in [0, 0.05) is 71.7 Å². The third kappa shape index (κ3) is 11.6. The number of fused-ring (bicyclic) bond motifs is 3. The molecule has 2 aliphatic heterocycles. The van der Waals surface area contributed by atoms with E-state index in [2.05, 4.69) is 66.4 Å². The van der Waals surface area contributed by atoms with Crippen molar-refractivity contribution < 1.29 is 28.5 Å². The Hall–Kier alpha value is -4.00. The molecule has 57 heavy (non-hydrogen) atoms. The Labute approximate surface area is 341 Å². The van der Waals surface area contributed by atoms with Gasteiger partial charge in [-0.2, -0.15) is 9.61 Å². The molecule has 2 bridgehead atoms. The van der Waals surface area contributed by atoms with Crippen molar-refractivity contribution >= 4 is 51.3 Å². The molecule has 2 aliphatic rings. The lowest BCUT2D eigenvalue weighted by atomic mass is 9.85. The molecule has 0 aliphatic carbocycles. The van der Waals surface area contributed by atoms with Gasteiger partial charge in [0.15, 0.2) is 5.65 Å². The second-order valence-electron chi connectivity index (χ2n) is 18.7. The fraction of sp³-hybridized carbons (Fsp3) is 0.634. The normalized spacial score (nSPS) is 18.4. The number of nitrogens with zero attached hydrogens (tertiary/aromatic N) is 6. The van der Waals surface area contributed by atoms with Gasteiger partial charge in [0.25, 0.3) is 0 Å². The summed E-state index contributed by atoms with van der Waals surface area (Å²) in [4.78, 5) is 39.6. The van der Waals surface area contributed by atoms with E-state index >= 15 is 0 Å². The highest BCUT2D eigenvalue weighted by atomic mass is 28.3. The van der Waals surface area contributed by atoms with Gasteiger partial charge in [0.05, 0.1) is 24.1 Å². The van der Waals surface area contributed by atoms with Crippen LogP contribution in [0.25, 0.3) is 22.5 Å². The lowest BCUT2D eigenvalue weighted by molar-refractivity contribution is 0.00566. The van der Waals surface area contributed by atoms with E-state index in [-0.39, 0.29) is 43.6 Å². The zero-order valence-corrected chi connectivity index (χ0v) is 38.2. The van der Waals surface area contributed by atoms with Gasteiger partial charge in [0.2, 0.25) is 0 Å². The van der Waals surface area contributed by atoms with E-state index in [1.807, 2.05) is 43.2 Å². The number of urea groups is 1. The predicted octanol–water partition coefficient (Wildman–Crippen LogP) is 8.63. The Balaban J connectivity index is 1.66. The lowest BCUT2D eigenvalue weighted by Crippen LogP contribution is -2.48. The topological polar surface area (TPSA) is 145 Å². The molecular formula is C41H66N8O6Si2. The molecule has 3 atom stereocenters. The van der Waals surface area contributed by atoms with E-state index in [0.29, 0.717) is 37.0 Å². The smallest absolute Gasteiger partial charge is 0.410 e. The number of pyridine rings is 1. The molecule has 5 rings (SSSR count). The van der Waals surface area contributed by atoms with Gasteiger partial charge in [-0.25, -0.2) is 19.6 Å². The number of amides is 3. The molecule has 0 saturated carbocycles. The Morgan fingerprint density at radius 1 is 0.965 bits per heavy atom. The number of hydrogen-bond acceptors (Lipinski definition) is 10. The largest absolute Gasteiger partial charge is 0.494 e. The van der Waals surface area contributed by atoms with E-state index in [1.54, 1.807) is 25.5 Å². The van der Waals surface area contributed by atoms with Crippen LogP contribution in [0.3, 0.4) is 0 Å². The van der Waals surface area contributed by atoms with E-state index in [1.165, 1.54) is 0 Å². The average Bonchev–Trinajstić information content (AvgIpc) is 3.66. The maximum atomic E-state index is 13.5. The van der Waals surface area contributed by atoms with Crippen molar-refractivity contribution in [2.24, 2.45) is 0 Å². The van der Waals surface area contributed by atoms with Crippen molar-refractivity contribution in [1.82, 2.24) is 29.8 Å². The van der Waals surface area contributed by atoms with Crippen LogP contribution in [-0.2, 0) is 18.9 Å². The first-order chi connectivity index (χ1) is 26.8. The van der Waals surface area contributed by atoms with Crippen LogP contribution in [0.2, 0.25) is 51.4 Å². The molecule has 16 heteroatoms. The van der Waals surface area contributed by atoms with Crippen LogP contribution >= 0.6 is 0 Å². The van der Waals surface area contributed by atoms with Crippen molar-refractivity contribution in [2.75, 3.05) is 50.5 Å². The molecule has 2 fully saturated rings. The summed E-state index contributed by atoms with van der Waals surface area (Å²) in [6.45, 7) is 28.4. The minimum Gasteiger partial charge on any atom is -0.494 e. The second-order valence-corrected chi connectivity index (χ2v) is 29.9. The zero-order valence-electron chi connectivity index (χ0n) is 36.2. The molecule has 0 radical (unpaired) electrons. The van der Waals surface area contributed by atoms with Crippen LogP contribution < -0.4 is 15.5 Å². The van der Waals surface area contributed by atoms with E-state index < -0.39 is 21.7 Å². The first-order valence-corrected chi connectivity index (χ1v) is 27.8. The summed E-state index contributed by atoms with van der Waals surface area (Å²) in [7, 11) is -1.16. The van der Waals surface area contributed by atoms with Crippen molar-refractivity contribution in [1.29, 1.82) is 0 Å². The highest BCUT2D eigenvalue weighted by molar-refractivity contribution is 6.76. The molecule has 0 aromatic carbocycles. The van der Waals surface area contributed by atoms with Crippen LogP contribution in [0.4, 0.5) is 21.2 Å². The first-order valence-electron chi connectivity index (χ1n) is 20.4. The van der Waals surface area contributed by atoms with Crippen molar-refractivity contribution in [3.63, 3.8) is 0 Å². The lowest BCUT2D eigenvalue weighted by Gasteiger charge is -2.40. The number of aromatic nitrogens is 4. The minimum atomic E-state index is -1.36. The Bertz CT molecular complexity index is 1830.